The van der Waals surface area contributed by atoms with Gasteiger partial charge >= 0.3 is 12.2 Å². The van der Waals surface area contributed by atoms with Gasteiger partial charge in [-0.2, -0.15) is 0 Å². The van der Waals surface area contributed by atoms with Crippen molar-refractivity contribution in [2.45, 2.75) is 38.8 Å². The summed E-state index contributed by atoms with van der Waals surface area (Å²) < 4.78 is 9.30. The molecule has 0 atom stereocenters. The maximum absolute atomic E-state index is 11.5. The molecule has 0 aliphatic carbocycles. The molecule has 0 spiro atoms. The Morgan fingerprint density at radius 2 is 1.23 bits per heavy atom. The van der Waals surface area contributed by atoms with Gasteiger partial charge in [0.05, 0.1) is 25.3 Å². The van der Waals surface area contributed by atoms with E-state index in [2.05, 4.69) is 20.1 Å². The van der Waals surface area contributed by atoms with Crippen molar-refractivity contribution < 1.29 is 19.1 Å². The summed E-state index contributed by atoms with van der Waals surface area (Å²) in [4.78, 5) is 22.9. The lowest BCUT2D eigenvalue weighted by Crippen LogP contribution is -2.43. The molecular formula is C16H24N2O4. The maximum Gasteiger partial charge on any atom is 0.407 e. The Hall–Kier alpha value is -2.24. The van der Waals surface area contributed by atoms with Gasteiger partial charge in [0.25, 0.3) is 0 Å². The van der Waals surface area contributed by atoms with Gasteiger partial charge in [-0.1, -0.05) is 24.3 Å². The predicted octanol–water partition coefficient (Wildman–Crippen LogP) is 2.87. The second-order valence-corrected chi connectivity index (χ2v) is 6.06. The van der Waals surface area contributed by atoms with Crippen molar-refractivity contribution >= 4 is 12.2 Å². The number of carbonyl (C=O) groups excluding carboxylic acids is 2. The average molecular weight is 308 g/mol. The van der Waals surface area contributed by atoms with E-state index < -0.39 is 23.3 Å². The normalized spacial score (nSPS) is 11.5. The molecule has 0 aliphatic heterocycles. The first-order valence-electron chi connectivity index (χ1n) is 6.95. The number of hydrogen-bond acceptors (Lipinski definition) is 4. The largest absolute Gasteiger partial charge is 0.453 e. The van der Waals surface area contributed by atoms with Crippen LogP contribution in [0.15, 0.2) is 24.3 Å². The third-order valence-corrected chi connectivity index (χ3v) is 3.51. The van der Waals surface area contributed by atoms with Crippen LogP contribution in [0.2, 0.25) is 0 Å². The second-order valence-electron chi connectivity index (χ2n) is 6.06. The highest BCUT2D eigenvalue weighted by Crippen LogP contribution is 2.26. The summed E-state index contributed by atoms with van der Waals surface area (Å²) >= 11 is 0. The first kappa shape index (κ1) is 17.8. The first-order valence-corrected chi connectivity index (χ1v) is 6.95. The standard InChI is InChI=1S/C16H24N2O4/c1-15(2,17-13(19)21-5)11-8-7-9-12(10-11)16(3,4)18-14(20)22-6/h7-10H,1-6H3,(H,17,19)(H,18,20). The lowest BCUT2D eigenvalue weighted by molar-refractivity contribution is 0.159. The number of hydrogen-bond donors (Lipinski definition) is 2. The monoisotopic (exact) mass is 308 g/mol. The van der Waals surface area contributed by atoms with Gasteiger partial charge in [-0.15, -0.1) is 0 Å². The maximum atomic E-state index is 11.5. The topological polar surface area (TPSA) is 76.7 Å². The molecule has 1 aromatic rings. The van der Waals surface area contributed by atoms with Gasteiger partial charge in [0.2, 0.25) is 0 Å². The van der Waals surface area contributed by atoms with Crippen molar-refractivity contribution in [3.63, 3.8) is 0 Å². The highest BCUT2D eigenvalue weighted by Gasteiger charge is 2.27. The van der Waals surface area contributed by atoms with E-state index >= 15 is 0 Å². The molecule has 2 N–H and O–H groups in total. The van der Waals surface area contributed by atoms with Crippen LogP contribution in [0.5, 0.6) is 0 Å². The van der Waals surface area contributed by atoms with Crippen LogP contribution in [0.3, 0.4) is 0 Å². The number of methoxy groups -OCH3 is 2. The quantitative estimate of drug-likeness (QED) is 0.896. The number of benzene rings is 1. The minimum absolute atomic E-state index is 0.498. The third-order valence-electron chi connectivity index (χ3n) is 3.51. The van der Waals surface area contributed by atoms with E-state index in [4.69, 9.17) is 0 Å². The smallest absolute Gasteiger partial charge is 0.407 e. The molecule has 0 aromatic heterocycles. The minimum atomic E-state index is -0.607. The van der Waals surface area contributed by atoms with Gasteiger partial charge in [-0.25, -0.2) is 9.59 Å². The average Bonchev–Trinajstić information content (AvgIpc) is 2.46. The predicted molar refractivity (Wildman–Crippen MR) is 83.6 cm³/mol. The Labute approximate surface area is 131 Å². The van der Waals surface area contributed by atoms with Crippen molar-refractivity contribution in [1.29, 1.82) is 0 Å². The number of carbonyl (C=O) groups is 2. The SMILES string of the molecule is COC(=O)NC(C)(C)c1cccc(C(C)(C)NC(=O)OC)c1. The number of amides is 2. The molecule has 0 radical (unpaired) electrons. The molecule has 1 rings (SSSR count). The van der Waals surface area contributed by atoms with E-state index in [-0.39, 0.29) is 0 Å². The van der Waals surface area contributed by atoms with Crippen LogP contribution < -0.4 is 10.6 Å². The van der Waals surface area contributed by atoms with Crippen LogP contribution in [-0.2, 0) is 20.6 Å². The molecule has 2 amide bonds. The minimum Gasteiger partial charge on any atom is -0.453 e. The summed E-state index contributed by atoms with van der Waals surface area (Å²) in [5.74, 6) is 0. The van der Waals surface area contributed by atoms with Gasteiger partial charge in [0.1, 0.15) is 0 Å². The van der Waals surface area contributed by atoms with E-state index in [9.17, 15) is 9.59 Å². The Balaban J connectivity index is 3.08. The van der Waals surface area contributed by atoms with Crippen molar-refractivity contribution in [3.05, 3.63) is 35.4 Å². The van der Waals surface area contributed by atoms with Crippen LogP contribution >= 0.6 is 0 Å². The van der Waals surface area contributed by atoms with E-state index in [0.717, 1.165) is 11.1 Å². The molecule has 0 unspecified atom stereocenters. The van der Waals surface area contributed by atoms with Gasteiger partial charge in [0.15, 0.2) is 0 Å². The molecular weight excluding hydrogens is 284 g/mol. The van der Waals surface area contributed by atoms with Crippen LogP contribution in [0.4, 0.5) is 9.59 Å². The van der Waals surface area contributed by atoms with Crippen molar-refractivity contribution in [1.82, 2.24) is 10.6 Å². The van der Waals surface area contributed by atoms with Gasteiger partial charge in [-0.3, -0.25) is 0 Å². The van der Waals surface area contributed by atoms with Crippen molar-refractivity contribution in [3.8, 4) is 0 Å². The molecule has 0 saturated carbocycles. The third kappa shape index (κ3) is 4.38. The van der Waals surface area contributed by atoms with E-state index in [1.54, 1.807) is 0 Å². The first-order chi connectivity index (χ1) is 10.1. The molecule has 6 heteroatoms. The number of rotatable bonds is 4. The van der Waals surface area contributed by atoms with Crippen LogP contribution in [0.25, 0.3) is 0 Å². The summed E-state index contributed by atoms with van der Waals surface area (Å²) in [7, 11) is 2.65. The molecule has 0 saturated heterocycles. The molecule has 1 aromatic carbocycles. The highest BCUT2D eigenvalue weighted by atomic mass is 16.5. The van der Waals surface area contributed by atoms with Crippen molar-refractivity contribution in [2.24, 2.45) is 0 Å². The fraction of sp³-hybridized carbons (Fsp3) is 0.500. The van der Waals surface area contributed by atoms with Gasteiger partial charge in [0, 0.05) is 0 Å². The zero-order valence-electron chi connectivity index (χ0n) is 13.9. The van der Waals surface area contributed by atoms with E-state index in [0.29, 0.717) is 0 Å². The van der Waals surface area contributed by atoms with Crippen LogP contribution in [-0.4, -0.2) is 26.4 Å². The van der Waals surface area contributed by atoms with Gasteiger partial charge < -0.3 is 20.1 Å². The molecule has 22 heavy (non-hydrogen) atoms. The summed E-state index contributed by atoms with van der Waals surface area (Å²) in [6.45, 7) is 7.51. The van der Waals surface area contributed by atoms with E-state index in [1.807, 2.05) is 52.0 Å². The summed E-state index contributed by atoms with van der Waals surface area (Å²) in [5.41, 5.74) is 0.583. The molecule has 0 fully saturated rings. The Kier molecular flexibility index (Phi) is 5.41. The number of ether oxygens (including phenoxy) is 2. The Morgan fingerprint density at radius 3 is 1.55 bits per heavy atom. The summed E-state index contributed by atoms with van der Waals surface area (Å²) in [6, 6.07) is 7.64. The van der Waals surface area contributed by atoms with E-state index in [1.165, 1.54) is 14.2 Å². The van der Waals surface area contributed by atoms with Crippen molar-refractivity contribution in [2.75, 3.05) is 14.2 Å². The van der Waals surface area contributed by atoms with Crippen LogP contribution in [0, 0.1) is 0 Å². The molecule has 6 nitrogen and oxygen atoms in total. The Bertz CT molecular complexity index is 508. The summed E-state index contributed by atoms with van der Waals surface area (Å²) in [6.07, 6.45) is -0.996. The fourth-order valence-corrected chi connectivity index (χ4v) is 2.05. The number of nitrogens with one attached hydrogen (secondary N) is 2. The molecule has 0 heterocycles. The van der Waals surface area contributed by atoms with Crippen LogP contribution in [0.1, 0.15) is 38.8 Å². The van der Waals surface area contributed by atoms with Gasteiger partial charge in [-0.05, 0) is 38.8 Å². The lowest BCUT2D eigenvalue weighted by atomic mass is 9.87. The molecule has 0 aliphatic rings. The fourth-order valence-electron chi connectivity index (χ4n) is 2.05. The number of alkyl carbamates (subject to hydrolysis) is 2. The summed E-state index contributed by atoms with van der Waals surface area (Å²) in [5, 5.41) is 5.56. The zero-order valence-corrected chi connectivity index (χ0v) is 13.9. The Morgan fingerprint density at radius 1 is 0.864 bits per heavy atom. The zero-order chi connectivity index (χ0) is 17.0. The lowest BCUT2D eigenvalue weighted by Gasteiger charge is -2.30. The highest BCUT2D eigenvalue weighted by molar-refractivity contribution is 5.69. The second kappa shape index (κ2) is 6.68. The molecule has 0 bridgehead atoms. The molecule has 122 valence electrons.